The summed E-state index contributed by atoms with van der Waals surface area (Å²) in [4.78, 5) is 10.6. The van der Waals surface area contributed by atoms with Crippen LogP contribution in [0, 0.1) is 0 Å². The van der Waals surface area contributed by atoms with Gasteiger partial charge in [0.15, 0.2) is 11.0 Å². The fraction of sp³-hybridized carbons (Fsp3) is 0.632. The van der Waals surface area contributed by atoms with Crippen molar-refractivity contribution >= 4 is 40.7 Å². The summed E-state index contributed by atoms with van der Waals surface area (Å²) in [5.74, 6) is -2.19. The summed E-state index contributed by atoms with van der Waals surface area (Å²) in [6.45, 7) is 3.77. The molecule has 0 amide bonds. The van der Waals surface area contributed by atoms with Gasteiger partial charge in [0.25, 0.3) is 11.8 Å². The molecule has 13 heteroatoms. The highest BCUT2D eigenvalue weighted by Crippen LogP contribution is 2.43. The number of hydrogen-bond acceptors (Lipinski definition) is 8. The van der Waals surface area contributed by atoms with E-state index >= 15 is 0 Å². The minimum atomic E-state index is -2.97. The molecule has 32 heavy (non-hydrogen) atoms. The highest BCUT2D eigenvalue weighted by Gasteiger charge is 2.49. The number of anilines is 3. The lowest BCUT2D eigenvalue weighted by atomic mass is 9.99. The van der Waals surface area contributed by atoms with Gasteiger partial charge >= 0.3 is 0 Å². The van der Waals surface area contributed by atoms with E-state index < -0.39 is 12.0 Å². The topological polar surface area (TPSA) is 89.4 Å². The van der Waals surface area contributed by atoms with Gasteiger partial charge in [-0.1, -0.05) is 23.2 Å². The Bertz CT molecular complexity index is 1000. The summed E-state index contributed by atoms with van der Waals surface area (Å²) in [6, 6.07) is -1.10. The highest BCUT2D eigenvalue weighted by atomic mass is 35.5. The Morgan fingerprint density at radius 2 is 2.09 bits per heavy atom. The van der Waals surface area contributed by atoms with Crippen LogP contribution in [-0.4, -0.2) is 75.6 Å². The maximum atomic E-state index is 15.0. The van der Waals surface area contributed by atoms with Crippen molar-refractivity contribution in [1.82, 2.24) is 24.6 Å². The number of nitrogens with one attached hydrogen (secondary N) is 2. The molecule has 2 aromatic rings. The molecule has 0 aliphatic carbocycles. The first-order valence-corrected chi connectivity index (χ1v) is 11.2. The molecule has 2 fully saturated rings. The molecule has 0 unspecified atom stereocenters. The fourth-order valence-electron chi connectivity index (χ4n) is 4.01. The van der Waals surface area contributed by atoms with Gasteiger partial charge in [0.05, 0.1) is 32.1 Å². The summed E-state index contributed by atoms with van der Waals surface area (Å²) >= 11 is 12.8. The number of ether oxygens (including phenoxy) is 2. The molecule has 0 radical (unpaired) electrons. The lowest BCUT2D eigenvalue weighted by Crippen LogP contribution is -2.57. The van der Waals surface area contributed by atoms with E-state index in [9.17, 15) is 8.78 Å². The Morgan fingerprint density at radius 1 is 1.28 bits per heavy atom. The van der Waals surface area contributed by atoms with Crippen LogP contribution in [0.4, 0.5) is 26.2 Å². The van der Waals surface area contributed by atoms with Crippen LogP contribution in [0.3, 0.4) is 0 Å². The number of alkyl halides is 2. The Hall–Kier alpha value is -1.95. The Kier molecular flexibility index (Phi) is 5.77. The third-order valence-electron chi connectivity index (χ3n) is 6.03. The molecule has 0 spiro atoms. The number of rotatable bonds is 2. The number of hydrogen-bond donors (Lipinski definition) is 2. The molecule has 0 aromatic carbocycles. The van der Waals surface area contributed by atoms with E-state index in [1.165, 1.54) is 6.20 Å². The second-order valence-corrected chi connectivity index (χ2v) is 9.09. The smallest absolute Gasteiger partial charge is 0.272 e. The second kappa shape index (κ2) is 8.44. The Morgan fingerprint density at radius 3 is 2.84 bits per heavy atom. The van der Waals surface area contributed by atoms with Crippen molar-refractivity contribution < 1.29 is 18.3 Å². The van der Waals surface area contributed by atoms with Crippen LogP contribution in [-0.2, 0) is 4.74 Å². The van der Waals surface area contributed by atoms with E-state index in [1.807, 2.05) is 11.8 Å². The lowest BCUT2D eigenvalue weighted by Gasteiger charge is -2.44. The van der Waals surface area contributed by atoms with E-state index in [2.05, 4.69) is 25.7 Å². The van der Waals surface area contributed by atoms with E-state index in [1.54, 1.807) is 0 Å². The monoisotopic (exact) mass is 489 g/mol. The largest absolute Gasteiger partial charge is 0.475 e. The SMILES string of the molecule is C[C@@H]1CCOc2nn([C@@H]3CN(C4COC4)CCC3(F)F)c(Cl)c2Nc2ncc(Cl)c(n2)N1. The number of nitrogens with zero attached hydrogens (tertiary/aromatic N) is 5. The normalized spacial score (nSPS) is 26.0. The Labute approximate surface area is 193 Å². The van der Waals surface area contributed by atoms with Gasteiger partial charge in [0, 0.05) is 32.0 Å². The maximum Gasteiger partial charge on any atom is 0.272 e. The zero-order chi connectivity index (χ0) is 22.5. The molecule has 3 aliphatic heterocycles. The fourth-order valence-corrected chi connectivity index (χ4v) is 4.44. The quantitative estimate of drug-likeness (QED) is 0.661. The van der Waals surface area contributed by atoms with Crippen LogP contribution >= 0.6 is 23.2 Å². The predicted octanol–water partition coefficient (Wildman–Crippen LogP) is 3.59. The molecule has 2 atom stereocenters. The predicted molar refractivity (Wildman–Crippen MR) is 116 cm³/mol. The molecule has 2 aromatic heterocycles. The van der Waals surface area contributed by atoms with Gasteiger partial charge in [0.2, 0.25) is 5.95 Å². The van der Waals surface area contributed by atoms with Crippen molar-refractivity contribution in [2.24, 2.45) is 0 Å². The average molecular weight is 490 g/mol. The first-order chi connectivity index (χ1) is 15.3. The summed E-state index contributed by atoms with van der Waals surface area (Å²) in [7, 11) is 0. The van der Waals surface area contributed by atoms with Gasteiger partial charge in [-0.3, -0.25) is 4.90 Å². The summed E-state index contributed by atoms with van der Waals surface area (Å²) in [6.07, 6.45) is 1.78. The van der Waals surface area contributed by atoms with E-state index in [4.69, 9.17) is 32.7 Å². The molecule has 3 aliphatic rings. The molecule has 5 rings (SSSR count). The number of piperidine rings is 1. The van der Waals surface area contributed by atoms with E-state index in [0.717, 1.165) is 4.68 Å². The molecular formula is C19H23Cl2F2N7O2. The zero-order valence-corrected chi connectivity index (χ0v) is 18.8. The first-order valence-electron chi connectivity index (χ1n) is 10.5. The first kappa shape index (κ1) is 21.9. The van der Waals surface area contributed by atoms with Crippen molar-refractivity contribution in [3.8, 4) is 5.88 Å². The van der Waals surface area contributed by atoms with Crippen molar-refractivity contribution in [3.05, 3.63) is 16.4 Å². The third kappa shape index (κ3) is 4.07. The molecule has 0 saturated carbocycles. The standard InChI is InChI=1S/C19H23Cl2F2N7O2/c1-10-2-5-32-17-14(26-18-24-6-12(20)16(25-10)27-18)15(21)30(28-17)13-7-29(11-8-31-9-11)4-3-19(13,22)23/h6,10-11,13H,2-5,7-9H2,1H3,(H2,24,25,26,27)/t10-,13-/m1/s1. The molecule has 174 valence electrons. The second-order valence-electron chi connectivity index (χ2n) is 8.33. The van der Waals surface area contributed by atoms with Crippen LogP contribution in [0.1, 0.15) is 25.8 Å². The number of halogens is 4. The van der Waals surface area contributed by atoms with Crippen molar-refractivity contribution in [2.45, 2.75) is 43.8 Å². The lowest BCUT2D eigenvalue weighted by molar-refractivity contribution is -0.140. The average Bonchev–Trinajstić information content (AvgIpc) is 2.98. The molecular weight excluding hydrogens is 467 g/mol. The van der Waals surface area contributed by atoms with Crippen LogP contribution in [0.2, 0.25) is 10.2 Å². The van der Waals surface area contributed by atoms with Crippen molar-refractivity contribution in [2.75, 3.05) is 43.5 Å². The van der Waals surface area contributed by atoms with Crippen molar-refractivity contribution in [3.63, 3.8) is 0 Å². The maximum absolute atomic E-state index is 15.0. The molecule has 2 N–H and O–H groups in total. The molecule has 2 bridgehead atoms. The third-order valence-corrected chi connectivity index (χ3v) is 6.67. The zero-order valence-electron chi connectivity index (χ0n) is 17.3. The summed E-state index contributed by atoms with van der Waals surface area (Å²) in [5.41, 5.74) is 0.245. The minimum Gasteiger partial charge on any atom is -0.475 e. The van der Waals surface area contributed by atoms with Gasteiger partial charge in [-0.25, -0.2) is 18.4 Å². The van der Waals surface area contributed by atoms with Gasteiger partial charge in [-0.15, -0.1) is 5.10 Å². The summed E-state index contributed by atoms with van der Waals surface area (Å²) < 4.78 is 42.2. The number of likely N-dealkylation sites (tertiary alicyclic amines) is 1. The van der Waals surface area contributed by atoms with E-state index in [-0.39, 0.29) is 47.7 Å². The molecule has 5 heterocycles. The Balaban J connectivity index is 1.50. The van der Waals surface area contributed by atoms with E-state index in [0.29, 0.717) is 43.6 Å². The molecule has 9 nitrogen and oxygen atoms in total. The molecule has 2 saturated heterocycles. The van der Waals surface area contributed by atoms with Gasteiger partial charge in [-0.05, 0) is 6.92 Å². The number of fused-ring (bicyclic) bond motifs is 3. The van der Waals surface area contributed by atoms with Gasteiger partial charge in [-0.2, -0.15) is 4.98 Å². The van der Waals surface area contributed by atoms with Crippen LogP contribution in [0.5, 0.6) is 5.88 Å². The van der Waals surface area contributed by atoms with Crippen LogP contribution in [0.25, 0.3) is 0 Å². The van der Waals surface area contributed by atoms with Gasteiger partial charge in [0.1, 0.15) is 16.8 Å². The summed E-state index contributed by atoms with van der Waals surface area (Å²) in [5, 5.41) is 10.9. The highest BCUT2D eigenvalue weighted by molar-refractivity contribution is 6.33. The number of aromatic nitrogens is 4. The van der Waals surface area contributed by atoms with Crippen LogP contribution in [0.15, 0.2) is 6.20 Å². The van der Waals surface area contributed by atoms with Gasteiger partial charge < -0.3 is 20.1 Å². The van der Waals surface area contributed by atoms with Crippen molar-refractivity contribution in [1.29, 1.82) is 0 Å². The van der Waals surface area contributed by atoms with Crippen LogP contribution < -0.4 is 15.4 Å². The minimum absolute atomic E-state index is 0.00436.